The van der Waals surface area contributed by atoms with Gasteiger partial charge in [0.2, 0.25) is 0 Å². The van der Waals surface area contributed by atoms with Crippen LogP contribution < -0.4 is 5.69 Å². The minimum absolute atomic E-state index is 0.0738. The highest BCUT2D eigenvalue weighted by molar-refractivity contribution is 7.92. The molecule has 2 aromatic rings. The monoisotopic (exact) mass is 330 g/mol. The molecule has 10 heteroatoms. The molecule has 0 saturated carbocycles. The Morgan fingerprint density at radius 3 is 2.76 bits per heavy atom. The molecule has 21 heavy (non-hydrogen) atoms. The van der Waals surface area contributed by atoms with Crippen molar-refractivity contribution in [1.29, 1.82) is 0 Å². The Balaban J connectivity index is 2.54. The summed E-state index contributed by atoms with van der Waals surface area (Å²) in [4.78, 5) is 20.3. The van der Waals surface area contributed by atoms with Crippen molar-refractivity contribution < 1.29 is 12.8 Å². The molecule has 0 radical (unpaired) electrons. The fraction of sp³-hybridized carbons (Fsp3) is 0.182. The third kappa shape index (κ3) is 3.16. The van der Waals surface area contributed by atoms with Gasteiger partial charge in [-0.1, -0.05) is 6.07 Å². The van der Waals surface area contributed by atoms with Crippen LogP contribution in [-0.2, 0) is 10.0 Å². The Labute approximate surface area is 124 Å². The Kier molecular flexibility index (Phi) is 4.19. The zero-order valence-electron chi connectivity index (χ0n) is 11.1. The maximum absolute atomic E-state index is 13.8. The molecule has 0 atom stereocenters. The van der Waals surface area contributed by atoms with E-state index >= 15 is 0 Å². The number of rotatable bonds is 4. The van der Waals surface area contributed by atoms with Gasteiger partial charge in [-0.3, -0.25) is 0 Å². The highest BCUT2D eigenvalue weighted by Gasteiger charge is 2.22. The summed E-state index contributed by atoms with van der Waals surface area (Å²) in [6.45, 7) is 0. The van der Waals surface area contributed by atoms with E-state index in [9.17, 15) is 17.6 Å². The van der Waals surface area contributed by atoms with Crippen molar-refractivity contribution in [3.63, 3.8) is 0 Å². The van der Waals surface area contributed by atoms with Crippen LogP contribution in [0.15, 0.2) is 37.7 Å². The standard InChI is InChI=1S/C11H11FN4O3S2/c1-15(2)7-13-10-8(12)6-16(11(17)14-10)21(18,19)9-4-3-5-20-9/h3-7H,1-2H3. The Morgan fingerprint density at radius 1 is 1.48 bits per heavy atom. The minimum atomic E-state index is -4.14. The van der Waals surface area contributed by atoms with Crippen molar-refractivity contribution >= 4 is 33.5 Å². The zero-order valence-corrected chi connectivity index (χ0v) is 12.7. The van der Waals surface area contributed by atoms with Crippen LogP contribution in [0.1, 0.15) is 0 Å². The van der Waals surface area contributed by atoms with E-state index in [1.807, 2.05) is 0 Å². The summed E-state index contributed by atoms with van der Waals surface area (Å²) in [5, 5.41) is 1.54. The van der Waals surface area contributed by atoms with Gasteiger partial charge < -0.3 is 4.90 Å². The van der Waals surface area contributed by atoms with Gasteiger partial charge in [-0.2, -0.15) is 17.4 Å². The van der Waals surface area contributed by atoms with Crippen LogP contribution in [-0.4, -0.2) is 42.7 Å². The van der Waals surface area contributed by atoms with Crippen molar-refractivity contribution in [2.24, 2.45) is 4.99 Å². The number of halogens is 1. The first kappa shape index (κ1) is 15.3. The van der Waals surface area contributed by atoms with Gasteiger partial charge in [0.25, 0.3) is 10.0 Å². The van der Waals surface area contributed by atoms with Gasteiger partial charge in [-0.05, 0) is 11.4 Å². The Morgan fingerprint density at radius 2 is 2.19 bits per heavy atom. The summed E-state index contributed by atoms with van der Waals surface area (Å²) in [6.07, 6.45) is 1.83. The Hall–Kier alpha value is -2.07. The van der Waals surface area contributed by atoms with E-state index in [2.05, 4.69) is 9.98 Å². The molecule has 0 spiro atoms. The second-order valence-electron chi connectivity index (χ2n) is 4.14. The predicted octanol–water partition coefficient (Wildman–Crippen LogP) is 0.902. The Bertz CT molecular complexity index is 826. The second-order valence-corrected chi connectivity index (χ2v) is 7.13. The van der Waals surface area contributed by atoms with Crippen molar-refractivity contribution in [2.75, 3.05) is 14.1 Å². The van der Waals surface area contributed by atoms with Crippen LogP contribution in [0.5, 0.6) is 0 Å². The summed E-state index contributed by atoms with van der Waals surface area (Å²) < 4.78 is 38.4. The first-order valence-corrected chi connectivity index (χ1v) is 7.93. The van der Waals surface area contributed by atoms with Crippen molar-refractivity contribution in [1.82, 2.24) is 13.9 Å². The number of aromatic nitrogens is 2. The molecule has 0 bridgehead atoms. The lowest BCUT2D eigenvalue weighted by Gasteiger charge is -2.06. The lowest BCUT2D eigenvalue weighted by Crippen LogP contribution is -2.29. The SMILES string of the molecule is CN(C)C=Nc1nc(=O)n(S(=O)(=O)c2cccs2)cc1F. The van der Waals surface area contributed by atoms with E-state index in [-0.39, 0.29) is 8.18 Å². The molecule has 112 valence electrons. The molecule has 0 aliphatic rings. The number of hydrogen-bond donors (Lipinski definition) is 0. The fourth-order valence-corrected chi connectivity index (χ4v) is 3.61. The largest absolute Gasteiger partial charge is 0.369 e. The molecule has 2 heterocycles. The molecular weight excluding hydrogens is 319 g/mol. The highest BCUT2D eigenvalue weighted by atomic mass is 32.2. The van der Waals surface area contributed by atoms with E-state index in [0.29, 0.717) is 6.20 Å². The molecule has 0 saturated heterocycles. The normalized spacial score (nSPS) is 12.0. The first-order valence-electron chi connectivity index (χ1n) is 5.61. The highest BCUT2D eigenvalue weighted by Crippen LogP contribution is 2.19. The van der Waals surface area contributed by atoms with Gasteiger partial charge in [0.1, 0.15) is 4.21 Å². The number of thiophene rings is 1. The first-order chi connectivity index (χ1) is 9.82. The van der Waals surface area contributed by atoms with Crippen LogP contribution in [0.2, 0.25) is 0 Å². The van der Waals surface area contributed by atoms with Gasteiger partial charge >= 0.3 is 5.69 Å². The van der Waals surface area contributed by atoms with Gasteiger partial charge in [0, 0.05) is 14.1 Å². The van der Waals surface area contributed by atoms with Gasteiger partial charge in [0.05, 0.1) is 12.5 Å². The van der Waals surface area contributed by atoms with E-state index in [4.69, 9.17) is 0 Å². The van der Waals surface area contributed by atoms with Crippen molar-refractivity contribution in [3.8, 4) is 0 Å². The zero-order chi connectivity index (χ0) is 15.6. The van der Waals surface area contributed by atoms with Crippen molar-refractivity contribution in [3.05, 3.63) is 40.0 Å². The molecule has 0 unspecified atom stereocenters. The van der Waals surface area contributed by atoms with Crippen LogP contribution in [0.25, 0.3) is 0 Å². The van der Waals surface area contributed by atoms with Crippen LogP contribution in [0, 0.1) is 5.82 Å². The third-order valence-corrected chi connectivity index (χ3v) is 5.26. The topological polar surface area (TPSA) is 84.6 Å². The molecule has 2 aromatic heterocycles. The van der Waals surface area contributed by atoms with E-state index in [0.717, 1.165) is 11.3 Å². The summed E-state index contributed by atoms with van der Waals surface area (Å²) >= 11 is 0.923. The van der Waals surface area contributed by atoms with Crippen LogP contribution in [0.4, 0.5) is 10.2 Å². The predicted molar refractivity (Wildman–Crippen MR) is 77.2 cm³/mol. The van der Waals surface area contributed by atoms with Gasteiger partial charge in [-0.15, -0.1) is 11.3 Å². The molecular formula is C11H11FN4O3S2. The molecule has 7 nitrogen and oxygen atoms in total. The van der Waals surface area contributed by atoms with E-state index in [1.165, 1.54) is 28.8 Å². The lowest BCUT2D eigenvalue weighted by molar-refractivity contribution is 0.572. The summed E-state index contributed by atoms with van der Waals surface area (Å²) in [5.41, 5.74) is -1.12. The molecule has 0 aliphatic carbocycles. The van der Waals surface area contributed by atoms with E-state index < -0.39 is 27.3 Å². The average molecular weight is 330 g/mol. The lowest BCUT2D eigenvalue weighted by atomic mass is 10.6. The fourth-order valence-electron chi connectivity index (χ4n) is 1.35. The molecule has 2 rings (SSSR count). The van der Waals surface area contributed by atoms with Gasteiger partial charge in [-0.25, -0.2) is 14.2 Å². The minimum Gasteiger partial charge on any atom is -0.369 e. The summed E-state index contributed by atoms with van der Waals surface area (Å²) in [7, 11) is -0.826. The number of aliphatic imine (C=N–C) groups is 1. The summed E-state index contributed by atoms with van der Waals surface area (Å²) in [6, 6.07) is 2.84. The number of nitrogens with zero attached hydrogens (tertiary/aromatic N) is 4. The average Bonchev–Trinajstić information content (AvgIpc) is 2.93. The van der Waals surface area contributed by atoms with Crippen molar-refractivity contribution in [2.45, 2.75) is 4.21 Å². The van der Waals surface area contributed by atoms with E-state index in [1.54, 1.807) is 14.1 Å². The molecule has 0 N–H and O–H groups in total. The molecule has 0 aromatic carbocycles. The quantitative estimate of drug-likeness (QED) is 0.614. The third-order valence-electron chi connectivity index (χ3n) is 2.25. The molecule has 0 amide bonds. The second kappa shape index (κ2) is 5.74. The molecule has 0 fully saturated rings. The maximum atomic E-state index is 13.8. The maximum Gasteiger partial charge on any atom is 0.363 e. The molecule has 0 aliphatic heterocycles. The summed E-state index contributed by atoms with van der Waals surface area (Å²) in [5.74, 6) is -1.47. The smallest absolute Gasteiger partial charge is 0.363 e. The van der Waals surface area contributed by atoms with Gasteiger partial charge in [0.15, 0.2) is 11.6 Å². The van der Waals surface area contributed by atoms with Crippen LogP contribution >= 0.6 is 11.3 Å². The van der Waals surface area contributed by atoms with Crippen LogP contribution in [0.3, 0.4) is 0 Å². The number of hydrogen-bond acceptors (Lipinski definition) is 6.